The summed E-state index contributed by atoms with van der Waals surface area (Å²) in [5.41, 5.74) is 1.20. The van der Waals surface area contributed by atoms with Crippen LogP contribution in [0.25, 0.3) is 0 Å². The minimum atomic E-state index is -0.298. The van der Waals surface area contributed by atoms with Gasteiger partial charge in [0.1, 0.15) is 0 Å². The van der Waals surface area contributed by atoms with Gasteiger partial charge in [0, 0.05) is 22.7 Å². The summed E-state index contributed by atoms with van der Waals surface area (Å²) >= 11 is 5.82. The minimum Gasteiger partial charge on any atom is -0.349 e. The number of carbonyl (C=O) groups excluding carboxylic acids is 2. The predicted molar refractivity (Wildman–Crippen MR) is 83.9 cm³/mol. The lowest BCUT2D eigenvalue weighted by molar-refractivity contribution is 0.0946. The van der Waals surface area contributed by atoms with Crippen LogP contribution in [0.3, 0.4) is 0 Å². The van der Waals surface area contributed by atoms with E-state index in [0.717, 1.165) is 0 Å². The molecule has 0 aliphatic rings. The fourth-order valence-corrected chi connectivity index (χ4v) is 2.02. The van der Waals surface area contributed by atoms with Gasteiger partial charge >= 0.3 is 0 Å². The van der Waals surface area contributed by atoms with Crippen molar-refractivity contribution in [3.63, 3.8) is 0 Å². The summed E-state index contributed by atoms with van der Waals surface area (Å²) in [5.74, 6) is -0.510. The van der Waals surface area contributed by atoms with E-state index in [4.69, 9.17) is 11.6 Å². The second kappa shape index (κ2) is 6.86. The van der Waals surface area contributed by atoms with E-state index in [2.05, 4.69) is 11.9 Å². The third-order valence-electron chi connectivity index (χ3n) is 2.93. The number of ketones is 1. The maximum atomic E-state index is 12.5. The third-order valence-corrected chi connectivity index (χ3v) is 3.18. The number of hydrogen-bond acceptors (Lipinski definition) is 2. The van der Waals surface area contributed by atoms with Crippen molar-refractivity contribution in [1.82, 2.24) is 5.32 Å². The van der Waals surface area contributed by atoms with Crippen LogP contribution in [0.4, 0.5) is 0 Å². The van der Waals surface area contributed by atoms with Crippen molar-refractivity contribution in [3.8, 4) is 0 Å². The zero-order valence-electron chi connectivity index (χ0n) is 11.3. The predicted octanol–water partition coefficient (Wildman–Crippen LogP) is 3.49. The Morgan fingerprint density at radius 1 is 1.05 bits per heavy atom. The van der Waals surface area contributed by atoms with Crippen LogP contribution >= 0.6 is 11.6 Å². The van der Waals surface area contributed by atoms with Gasteiger partial charge in [-0.1, -0.05) is 35.9 Å². The first-order chi connectivity index (χ1) is 10.1. The first-order valence-corrected chi connectivity index (χ1v) is 6.79. The van der Waals surface area contributed by atoms with E-state index in [1.54, 1.807) is 54.6 Å². The van der Waals surface area contributed by atoms with E-state index in [9.17, 15) is 9.59 Å². The zero-order valence-corrected chi connectivity index (χ0v) is 12.1. The third kappa shape index (κ3) is 3.58. The van der Waals surface area contributed by atoms with Crippen molar-refractivity contribution in [2.75, 3.05) is 6.54 Å². The molecule has 0 heterocycles. The van der Waals surface area contributed by atoms with E-state index in [0.29, 0.717) is 28.3 Å². The summed E-state index contributed by atoms with van der Waals surface area (Å²) in [7, 11) is 0. The molecular weight excluding hydrogens is 286 g/mol. The van der Waals surface area contributed by atoms with Gasteiger partial charge in [0.25, 0.3) is 5.91 Å². The van der Waals surface area contributed by atoms with Crippen LogP contribution in [0.5, 0.6) is 0 Å². The zero-order chi connectivity index (χ0) is 15.2. The average molecular weight is 300 g/mol. The normalized spacial score (nSPS) is 9.95. The summed E-state index contributed by atoms with van der Waals surface area (Å²) in [4.78, 5) is 24.6. The molecule has 0 aliphatic heterocycles. The Hall–Kier alpha value is -2.39. The molecule has 0 aromatic heterocycles. The van der Waals surface area contributed by atoms with Crippen LogP contribution in [0, 0.1) is 0 Å². The molecule has 1 N–H and O–H groups in total. The molecule has 2 aromatic carbocycles. The van der Waals surface area contributed by atoms with Crippen LogP contribution in [-0.4, -0.2) is 18.2 Å². The molecule has 0 atom stereocenters. The summed E-state index contributed by atoms with van der Waals surface area (Å²) in [6.45, 7) is 3.90. The highest BCUT2D eigenvalue weighted by Crippen LogP contribution is 2.17. The Morgan fingerprint density at radius 2 is 1.67 bits per heavy atom. The maximum Gasteiger partial charge on any atom is 0.252 e. The number of carbonyl (C=O) groups is 2. The van der Waals surface area contributed by atoms with Crippen LogP contribution < -0.4 is 5.32 Å². The van der Waals surface area contributed by atoms with E-state index < -0.39 is 0 Å². The number of halogens is 1. The lowest BCUT2D eigenvalue weighted by atomic mass is 9.98. The summed E-state index contributed by atoms with van der Waals surface area (Å²) in [6.07, 6.45) is 1.58. The molecular formula is C17H14ClNO2. The SMILES string of the molecule is C=CCNC(=O)c1ccccc1C(=O)c1ccc(Cl)cc1. The van der Waals surface area contributed by atoms with E-state index in [1.807, 2.05) is 0 Å². The van der Waals surface area contributed by atoms with Crippen LogP contribution in [0.1, 0.15) is 26.3 Å². The molecule has 0 spiro atoms. The molecule has 3 nitrogen and oxygen atoms in total. The average Bonchev–Trinajstić information content (AvgIpc) is 2.52. The molecule has 21 heavy (non-hydrogen) atoms. The lowest BCUT2D eigenvalue weighted by Gasteiger charge is -2.08. The second-order valence-electron chi connectivity index (χ2n) is 4.38. The standard InChI is InChI=1S/C17H14ClNO2/c1-2-11-19-17(21)15-6-4-3-5-14(15)16(20)12-7-9-13(18)10-8-12/h2-10H,1,11H2,(H,19,21). The summed E-state index contributed by atoms with van der Waals surface area (Å²) in [5, 5.41) is 3.23. The first kappa shape index (κ1) is 15.0. The quantitative estimate of drug-likeness (QED) is 0.678. The molecule has 0 fully saturated rings. The monoisotopic (exact) mass is 299 g/mol. The number of benzene rings is 2. The Morgan fingerprint density at radius 3 is 2.29 bits per heavy atom. The lowest BCUT2D eigenvalue weighted by Crippen LogP contribution is -2.25. The van der Waals surface area contributed by atoms with Crippen molar-refractivity contribution < 1.29 is 9.59 Å². The molecule has 2 rings (SSSR count). The first-order valence-electron chi connectivity index (χ1n) is 6.42. The van der Waals surface area contributed by atoms with Crippen molar-refractivity contribution in [2.45, 2.75) is 0 Å². The fraction of sp³-hybridized carbons (Fsp3) is 0.0588. The molecule has 0 saturated heterocycles. The minimum absolute atomic E-state index is 0.212. The molecule has 4 heteroatoms. The van der Waals surface area contributed by atoms with E-state index in [1.165, 1.54) is 0 Å². The summed E-state index contributed by atoms with van der Waals surface area (Å²) in [6, 6.07) is 13.3. The Bertz CT molecular complexity index is 677. The van der Waals surface area contributed by atoms with Gasteiger partial charge in [0.2, 0.25) is 0 Å². The number of amides is 1. The highest BCUT2D eigenvalue weighted by atomic mass is 35.5. The highest BCUT2D eigenvalue weighted by Gasteiger charge is 2.17. The van der Waals surface area contributed by atoms with Gasteiger partial charge in [0.05, 0.1) is 5.56 Å². The van der Waals surface area contributed by atoms with Gasteiger partial charge in [0.15, 0.2) is 5.78 Å². The molecule has 0 bridgehead atoms. The maximum absolute atomic E-state index is 12.5. The van der Waals surface area contributed by atoms with Crippen molar-refractivity contribution in [3.05, 3.63) is 82.9 Å². The molecule has 0 radical (unpaired) electrons. The smallest absolute Gasteiger partial charge is 0.252 e. The number of rotatable bonds is 5. The Balaban J connectivity index is 2.35. The molecule has 106 valence electrons. The summed E-state index contributed by atoms with van der Waals surface area (Å²) < 4.78 is 0. The molecule has 0 aliphatic carbocycles. The fourth-order valence-electron chi connectivity index (χ4n) is 1.90. The number of hydrogen-bond donors (Lipinski definition) is 1. The van der Waals surface area contributed by atoms with Gasteiger partial charge in [-0.25, -0.2) is 0 Å². The van der Waals surface area contributed by atoms with E-state index >= 15 is 0 Å². The van der Waals surface area contributed by atoms with Crippen LogP contribution in [0.15, 0.2) is 61.2 Å². The molecule has 0 unspecified atom stereocenters. The Labute approximate surface area is 128 Å². The highest BCUT2D eigenvalue weighted by molar-refractivity contribution is 6.30. The number of nitrogens with one attached hydrogen (secondary N) is 1. The van der Waals surface area contributed by atoms with Gasteiger partial charge in [-0.05, 0) is 30.3 Å². The van der Waals surface area contributed by atoms with Gasteiger partial charge in [-0.3, -0.25) is 9.59 Å². The topological polar surface area (TPSA) is 46.2 Å². The Kier molecular flexibility index (Phi) is 4.90. The van der Waals surface area contributed by atoms with Gasteiger partial charge in [-0.15, -0.1) is 6.58 Å². The van der Waals surface area contributed by atoms with Crippen LogP contribution in [-0.2, 0) is 0 Å². The molecule has 2 aromatic rings. The largest absolute Gasteiger partial charge is 0.349 e. The molecule has 1 amide bonds. The van der Waals surface area contributed by atoms with Gasteiger partial charge < -0.3 is 5.32 Å². The van der Waals surface area contributed by atoms with Crippen molar-refractivity contribution >= 4 is 23.3 Å². The second-order valence-corrected chi connectivity index (χ2v) is 4.82. The van der Waals surface area contributed by atoms with Crippen molar-refractivity contribution in [2.24, 2.45) is 0 Å². The molecule has 0 saturated carbocycles. The van der Waals surface area contributed by atoms with Crippen LogP contribution in [0.2, 0.25) is 5.02 Å². The van der Waals surface area contributed by atoms with E-state index in [-0.39, 0.29) is 11.7 Å². The van der Waals surface area contributed by atoms with Gasteiger partial charge in [-0.2, -0.15) is 0 Å². The van der Waals surface area contributed by atoms with Crippen molar-refractivity contribution in [1.29, 1.82) is 0 Å².